The molecule has 0 bridgehead atoms. The number of nitrogens with one attached hydrogen (secondary N) is 1. The highest BCUT2D eigenvalue weighted by Crippen LogP contribution is 2.36. The molecule has 1 N–H and O–H groups in total. The summed E-state index contributed by atoms with van der Waals surface area (Å²) in [4.78, 5) is 1.38. The molecule has 1 aromatic carbocycles. The monoisotopic (exact) mass is 297 g/mol. The van der Waals surface area contributed by atoms with Crippen LogP contribution in [-0.4, -0.2) is 37.8 Å². The number of sulfone groups is 1. The minimum absolute atomic E-state index is 0.152. The van der Waals surface area contributed by atoms with E-state index in [-0.39, 0.29) is 5.25 Å². The van der Waals surface area contributed by atoms with E-state index in [0.29, 0.717) is 17.5 Å². The molecule has 3 rings (SSSR count). The van der Waals surface area contributed by atoms with Gasteiger partial charge in [0.25, 0.3) is 0 Å². The highest BCUT2D eigenvalue weighted by atomic mass is 32.2. The fourth-order valence-corrected chi connectivity index (χ4v) is 5.94. The van der Waals surface area contributed by atoms with Crippen LogP contribution in [0.3, 0.4) is 0 Å². The summed E-state index contributed by atoms with van der Waals surface area (Å²) in [6, 6.07) is 8.51. The van der Waals surface area contributed by atoms with Crippen molar-refractivity contribution in [3.63, 3.8) is 0 Å². The Labute approximate surface area is 119 Å². The van der Waals surface area contributed by atoms with E-state index in [1.807, 2.05) is 11.8 Å². The molecule has 0 spiro atoms. The molecule has 1 saturated heterocycles. The first kappa shape index (κ1) is 13.5. The third-order valence-electron chi connectivity index (χ3n) is 3.92. The average molecular weight is 297 g/mol. The van der Waals surface area contributed by atoms with Gasteiger partial charge in [0.1, 0.15) is 0 Å². The van der Waals surface area contributed by atoms with Crippen molar-refractivity contribution in [2.45, 2.75) is 34.7 Å². The van der Waals surface area contributed by atoms with Crippen molar-refractivity contribution in [2.75, 3.05) is 18.8 Å². The zero-order valence-electron chi connectivity index (χ0n) is 10.8. The molecule has 0 radical (unpaired) electrons. The van der Waals surface area contributed by atoms with E-state index >= 15 is 0 Å². The van der Waals surface area contributed by atoms with E-state index in [0.717, 1.165) is 25.8 Å². The lowest BCUT2D eigenvalue weighted by Crippen LogP contribution is -2.34. The molecule has 0 amide bonds. The van der Waals surface area contributed by atoms with Gasteiger partial charge in [-0.25, -0.2) is 8.42 Å². The molecule has 0 aromatic heterocycles. The first-order valence-corrected chi connectivity index (χ1v) is 9.41. The third kappa shape index (κ3) is 2.98. The van der Waals surface area contributed by atoms with E-state index in [4.69, 9.17) is 0 Å². The Kier molecular flexibility index (Phi) is 3.87. The summed E-state index contributed by atoms with van der Waals surface area (Å²) in [6.45, 7) is 1.51. The SMILES string of the molecule is O=S1(=O)CCCC1CNCC1Cc2ccccc2S1. The Hall–Kier alpha value is -0.520. The molecule has 0 aliphatic carbocycles. The molecule has 1 aromatic rings. The summed E-state index contributed by atoms with van der Waals surface area (Å²) in [5, 5.41) is 3.75. The molecular weight excluding hydrogens is 278 g/mol. The highest BCUT2D eigenvalue weighted by molar-refractivity contribution is 8.00. The second-order valence-electron chi connectivity index (χ2n) is 5.34. The van der Waals surface area contributed by atoms with Gasteiger partial charge in [0, 0.05) is 23.2 Å². The Morgan fingerprint density at radius 1 is 1.26 bits per heavy atom. The van der Waals surface area contributed by atoms with Crippen LogP contribution in [0.15, 0.2) is 29.2 Å². The second-order valence-corrected chi connectivity index (χ2v) is 9.08. The van der Waals surface area contributed by atoms with Gasteiger partial charge in [-0.15, -0.1) is 11.8 Å². The van der Waals surface area contributed by atoms with Crippen LogP contribution in [0.25, 0.3) is 0 Å². The van der Waals surface area contributed by atoms with Gasteiger partial charge in [0.15, 0.2) is 9.84 Å². The summed E-state index contributed by atoms with van der Waals surface area (Å²) in [6.07, 6.45) is 2.75. The van der Waals surface area contributed by atoms with E-state index in [9.17, 15) is 8.42 Å². The lowest BCUT2D eigenvalue weighted by molar-refractivity contribution is 0.572. The van der Waals surface area contributed by atoms with Crippen molar-refractivity contribution < 1.29 is 8.42 Å². The number of rotatable bonds is 4. The molecular formula is C14H19NO2S2. The fourth-order valence-electron chi connectivity index (χ4n) is 2.86. The van der Waals surface area contributed by atoms with Gasteiger partial charge in [0.2, 0.25) is 0 Å². The number of hydrogen-bond acceptors (Lipinski definition) is 4. The van der Waals surface area contributed by atoms with Crippen molar-refractivity contribution in [3.05, 3.63) is 29.8 Å². The zero-order chi connectivity index (χ0) is 13.3. The van der Waals surface area contributed by atoms with Crippen LogP contribution in [0.5, 0.6) is 0 Å². The number of hydrogen-bond donors (Lipinski definition) is 1. The third-order valence-corrected chi connectivity index (χ3v) is 7.52. The van der Waals surface area contributed by atoms with Crippen LogP contribution in [0, 0.1) is 0 Å². The molecule has 2 aliphatic rings. The van der Waals surface area contributed by atoms with E-state index in [1.54, 1.807) is 0 Å². The molecule has 5 heteroatoms. The summed E-state index contributed by atoms with van der Waals surface area (Å²) in [5.74, 6) is 0.378. The Morgan fingerprint density at radius 2 is 2.11 bits per heavy atom. The largest absolute Gasteiger partial charge is 0.314 e. The molecule has 2 heterocycles. The van der Waals surface area contributed by atoms with Gasteiger partial charge >= 0.3 is 0 Å². The highest BCUT2D eigenvalue weighted by Gasteiger charge is 2.31. The van der Waals surface area contributed by atoms with Crippen LogP contribution in [-0.2, 0) is 16.3 Å². The molecule has 2 unspecified atom stereocenters. The molecule has 2 atom stereocenters. The van der Waals surface area contributed by atoms with Gasteiger partial charge < -0.3 is 5.32 Å². The molecule has 104 valence electrons. The second kappa shape index (κ2) is 5.46. The van der Waals surface area contributed by atoms with Crippen LogP contribution in [0.2, 0.25) is 0 Å². The molecule has 0 saturated carbocycles. The molecule has 2 aliphatic heterocycles. The van der Waals surface area contributed by atoms with Gasteiger partial charge in [-0.3, -0.25) is 0 Å². The lowest BCUT2D eigenvalue weighted by atomic mass is 10.1. The van der Waals surface area contributed by atoms with Crippen LogP contribution >= 0.6 is 11.8 Å². The molecule has 19 heavy (non-hydrogen) atoms. The van der Waals surface area contributed by atoms with Crippen molar-refractivity contribution in [1.29, 1.82) is 0 Å². The smallest absolute Gasteiger partial charge is 0.154 e. The topological polar surface area (TPSA) is 46.2 Å². The lowest BCUT2D eigenvalue weighted by Gasteiger charge is -2.13. The quantitative estimate of drug-likeness (QED) is 0.921. The Bertz CT molecular complexity index is 531. The summed E-state index contributed by atoms with van der Waals surface area (Å²) < 4.78 is 23.4. The normalized spacial score (nSPS) is 28.4. The Morgan fingerprint density at radius 3 is 2.84 bits per heavy atom. The summed E-state index contributed by atoms with van der Waals surface area (Å²) in [7, 11) is -2.81. The van der Waals surface area contributed by atoms with Crippen molar-refractivity contribution in [1.82, 2.24) is 5.32 Å². The minimum Gasteiger partial charge on any atom is -0.314 e. The standard InChI is InChI=1S/C14H19NO2S2/c16-19(17)7-3-5-13(19)10-15-9-12-8-11-4-1-2-6-14(11)18-12/h1-2,4,6,12-13,15H,3,5,7-10H2. The van der Waals surface area contributed by atoms with Gasteiger partial charge in [-0.2, -0.15) is 0 Å². The molecule has 1 fully saturated rings. The van der Waals surface area contributed by atoms with Gasteiger partial charge in [-0.05, 0) is 30.9 Å². The predicted molar refractivity (Wildman–Crippen MR) is 79.5 cm³/mol. The number of benzene rings is 1. The minimum atomic E-state index is -2.81. The van der Waals surface area contributed by atoms with Crippen LogP contribution in [0.1, 0.15) is 18.4 Å². The first-order valence-electron chi connectivity index (χ1n) is 6.82. The first-order chi connectivity index (χ1) is 9.15. The van der Waals surface area contributed by atoms with Crippen molar-refractivity contribution in [3.8, 4) is 0 Å². The zero-order valence-corrected chi connectivity index (χ0v) is 12.5. The van der Waals surface area contributed by atoms with Crippen molar-refractivity contribution in [2.24, 2.45) is 0 Å². The summed E-state index contributed by atoms with van der Waals surface area (Å²) in [5.41, 5.74) is 1.42. The maximum Gasteiger partial charge on any atom is 0.154 e. The van der Waals surface area contributed by atoms with Crippen LogP contribution in [0.4, 0.5) is 0 Å². The predicted octanol–water partition coefficient (Wildman–Crippen LogP) is 1.87. The Balaban J connectivity index is 1.48. The van der Waals surface area contributed by atoms with E-state index in [2.05, 4.69) is 29.6 Å². The van der Waals surface area contributed by atoms with Gasteiger partial charge in [-0.1, -0.05) is 18.2 Å². The summed E-state index contributed by atoms with van der Waals surface area (Å²) >= 11 is 1.91. The number of fused-ring (bicyclic) bond motifs is 1. The fraction of sp³-hybridized carbons (Fsp3) is 0.571. The van der Waals surface area contributed by atoms with E-state index in [1.165, 1.54) is 10.5 Å². The maximum absolute atomic E-state index is 11.7. The van der Waals surface area contributed by atoms with Crippen molar-refractivity contribution >= 4 is 21.6 Å². The van der Waals surface area contributed by atoms with E-state index < -0.39 is 9.84 Å². The maximum atomic E-state index is 11.7. The molecule has 3 nitrogen and oxygen atoms in total. The van der Waals surface area contributed by atoms with Crippen LogP contribution < -0.4 is 5.32 Å². The van der Waals surface area contributed by atoms with Gasteiger partial charge in [0.05, 0.1) is 11.0 Å². The number of thioether (sulfide) groups is 1. The average Bonchev–Trinajstić information content (AvgIpc) is 2.92.